The predicted molar refractivity (Wildman–Crippen MR) is 77.8 cm³/mol. The van der Waals surface area contributed by atoms with Gasteiger partial charge in [-0.2, -0.15) is 0 Å². The van der Waals surface area contributed by atoms with Crippen molar-refractivity contribution in [1.29, 1.82) is 0 Å². The monoisotopic (exact) mass is 324 g/mol. The largest absolute Gasteiger partial charge is 0.487 e. The molecule has 0 aliphatic carbocycles. The minimum atomic E-state index is -0.725. The van der Waals surface area contributed by atoms with Gasteiger partial charge in [0.1, 0.15) is 18.0 Å². The highest BCUT2D eigenvalue weighted by Gasteiger charge is 2.33. The van der Waals surface area contributed by atoms with Crippen LogP contribution < -0.4 is 10.1 Å². The zero-order chi connectivity index (χ0) is 16.4. The van der Waals surface area contributed by atoms with Crippen LogP contribution in [0.5, 0.6) is 5.75 Å². The molecule has 2 aliphatic heterocycles. The molecule has 2 amide bonds. The van der Waals surface area contributed by atoms with Crippen LogP contribution in [-0.2, 0) is 9.59 Å². The van der Waals surface area contributed by atoms with Crippen molar-refractivity contribution in [3.05, 3.63) is 29.8 Å². The number of piperidine rings is 1. The first-order valence-corrected chi connectivity index (χ1v) is 7.73. The lowest BCUT2D eigenvalue weighted by atomic mass is 10.1. The summed E-state index contributed by atoms with van der Waals surface area (Å²) in [6.07, 6.45) is 1.86. The standard InChI is InChI=1S/C16H18F2N2O3/c17-10-1-3-14(12(18)9-10)23-11-5-7-20(8-6-11)16(22)13-2-4-15(21)19-13/h1,3,9,11,13H,2,4-8H2,(H,19,21)/t13-/m1/s1. The lowest BCUT2D eigenvalue weighted by molar-refractivity contribution is -0.136. The van der Waals surface area contributed by atoms with Gasteiger partial charge in [-0.05, 0) is 18.6 Å². The van der Waals surface area contributed by atoms with Crippen LogP contribution in [0.15, 0.2) is 18.2 Å². The lowest BCUT2D eigenvalue weighted by Gasteiger charge is -2.33. The Hall–Kier alpha value is -2.18. The summed E-state index contributed by atoms with van der Waals surface area (Å²) in [4.78, 5) is 25.2. The summed E-state index contributed by atoms with van der Waals surface area (Å²) >= 11 is 0. The van der Waals surface area contributed by atoms with Crippen molar-refractivity contribution in [3.63, 3.8) is 0 Å². The van der Waals surface area contributed by atoms with Crippen molar-refractivity contribution in [1.82, 2.24) is 10.2 Å². The minimum absolute atomic E-state index is 0.0271. The number of hydrogen-bond donors (Lipinski definition) is 1. The fourth-order valence-corrected chi connectivity index (χ4v) is 2.96. The van der Waals surface area contributed by atoms with E-state index >= 15 is 0 Å². The van der Waals surface area contributed by atoms with Gasteiger partial charge in [-0.25, -0.2) is 8.78 Å². The minimum Gasteiger partial charge on any atom is -0.487 e. The number of amides is 2. The highest BCUT2D eigenvalue weighted by molar-refractivity contribution is 5.90. The number of benzene rings is 1. The van der Waals surface area contributed by atoms with Gasteiger partial charge in [0.05, 0.1) is 0 Å². The molecule has 1 aromatic carbocycles. The van der Waals surface area contributed by atoms with Gasteiger partial charge in [0.25, 0.3) is 0 Å². The van der Waals surface area contributed by atoms with Crippen LogP contribution in [0.1, 0.15) is 25.7 Å². The van der Waals surface area contributed by atoms with E-state index in [2.05, 4.69) is 5.32 Å². The second kappa shape index (κ2) is 6.52. The number of likely N-dealkylation sites (tertiary alicyclic amines) is 1. The van der Waals surface area contributed by atoms with Crippen molar-refractivity contribution >= 4 is 11.8 Å². The summed E-state index contributed by atoms with van der Waals surface area (Å²) < 4.78 is 32.0. The predicted octanol–water partition coefficient (Wildman–Crippen LogP) is 1.61. The number of hydrogen-bond acceptors (Lipinski definition) is 3. The number of nitrogens with zero attached hydrogens (tertiary/aromatic N) is 1. The Bertz CT molecular complexity index is 615. The quantitative estimate of drug-likeness (QED) is 0.919. The van der Waals surface area contributed by atoms with E-state index in [-0.39, 0.29) is 23.7 Å². The van der Waals surface area contributed by atoms with Gasteiger partial charge in [0.2, 0.25) is 11.8 Å². The van der Waals surface area contributed by atoms with Crippen molar-refractivity contribution in [2.45, 2.75) is 37.8 Å². The average Bonchev–Trinajstić information content (AvgIpc) is 2.97. The first-order chi connectivity index (χ1) is 11.0. The van der Waals surface area contributed by atoms with E-state index in [4.69, 9.17) is 4.74 Å². The molecule has 0 unspecified atom stereocenters. The van der Waals surface area contributed by atoms with Crippen molar-refractivity contribution < 1.29 is 23.1 Å². The van der Waals surface area contributed by atoms with E-state index in [1.54, 1.807) is 4.90 Å². The van der Waals surface area contributed by atoms with E-state index in [1.807, 2.05) is 0 Å². The summed E-state index contributed by atoms with van der Waals surface area (Å²) in [5, 5.41) is 2.67. The van der Waals surface area contributed by atoms with Crippen LogP contribution >= 0.6 is 0 Å². The second-order valence-electron chi connectivity index (χ2n) is 5.88. The van der Waals surface area contributed by atoms with Crippen LogP contribution in [0.4, 0.5) is 8.78 Å². The first kappa shape index (κ1) is 15.7. The van der Waals surface area contributed by atoms with Crippen LogP contribution in [-0.4, -0.2) is 41.9 Å². The van der Waals surface area contributed by atoms with E-state index in [9.17, 15) is 18.4 Å². The third-order valence-corrected chi connectivity index (χ3v) is 4.23. The molecule has 2 fully saturated rings. The van der Waals surface area contributed by atoms with Crippen molar-refractivity contribution in [3.8, 4) is 5.75 Å². The molecule has 0 spiro atoms. The molecule has 0 aromatic heterocycles. The lowest BCUT2D eigenvalue weighted by Crippen LogP contribution is -2.49. The molecule has 3 rings (SSSR count). The summed E-state index contributed by atoms with van der Waals surface area (Å²) in [6.45, 7) is 0.997. The summed E-state index contributed by atoms with van der Waals surface area (Å²) in [5.41, 5.74) is 0. The molecular formula is C16H18F2N2O3. The van der Waals surface area contributed by atoms with Gasteiger partial charge in [-0.1, -0.05) is 0 Å². The highest BCUT2D eigenvalue weighted by Crippen LogP contribution is 2.23. The second-order valence-corrected chi connectivity index (χ2v) is 5.88. The van der Waals surface area contributed by atoms with Crippen molar-refractivity contribution in [2.24, 2.45) is 0 Å². The Kier molecular flexibility index (Phi) is 4.45. The van der Waals surface area contributed by atoms with Gasteiger partial charge in [0, 0.05) is 38.4 Å². The van der Waals surface area contributed by atoms with Crippen LogP contribution in [0, 0.1) is 11.6 Å². The summed E-state index contributed by atoms with van der Waals surface area (Å²) in [7, 11) is 0. The highest BCUT2D eigenvalue weighted by atomic mass is 19.1. The van der Waals surface area contributed by atoms with Crippen LogP contribution in [0.2, 0.25) is 0 Å². The summed E-state index contributed by atoms with van der Waals surface area (Å²) in [5.74, 6) is -1.50. The molecule has 7 heteroatoms. The smallest absolute Gasteiger partial charge is 0.245 e. The van der Waals surface area contributed by atoms with E-state index in [0.717, 1.165) is 12.1 Å². The third kappa shape index (κ3) is 3.60. The SMILES string of the molecule is O=C1CC[C@H](C(=O)N2CCC(Oc3ccc(F)cc3F)CC2)N1. The summed E-state index contributed by atoms with van der Waals surface area (Å²) in [6, 6.07) is 2.79. The molecule has 5 nitrogen and oxygen atoms in total. The molecule has 2 aliphatic rings. The van der Waals surface area contributed by atoms with E-state index in [1.165, 1.54) is 6.07 Å². The van der Waals surface area contributed by atoms with Gasteiger partial charge in [-0.15, -0.1) is 0 Å². The average molecular weight is 324 g/mol. The third-order valence-electron chi connectivity index (χ3n) is 4.23. The van der Waals surface area contributed by atoms with Gasteiger partial charge in [0.15, 0.2) is 11.6 Å². The molecule has 23 heavy (non-hydrogen) atoms. The molecule has 0 bridgehead atoms. The number of halogens is 2. The van der Waals surface area contributed by atoms with E-state index < -0.39 is 17.7 Å². The Morgan fingerprint density at radius 2 is 1.96 bits per heavy atom. The van der Waals surface area contributed by atoms with Gasteiger partial charge >= 0.3 is 0 Å². The van der Waals surface area contributed by atoms with Crippen LogP contribution in [0.25, 0.3) is 0 Å². The number of rotatable bonds is 3. The Balaban J connectivity index is 1.52. The Morgan fingerprint density at radius 3 is 2.57 bits per heavy atom. The Labute approximate surface area is 132 Å². The maximum absolute atomic E-state index is 13.6. The molecule has 2 saturated heterocycles. The van der Waals surface area contributed by atoms with Gasteiger partial charge < -0.3 is 15.0 Å². The Morgan fingerprint density at radius 1 is 1.22 bits per heavy atom. The number of carbonyl (C=O) groups is 2. The fourth-order valence-electron chi connectivity index (χ4n) is 2.96. The van der Waals surface area contributed by atoms with Gasteiger partial charge in [-0.3, -0.25) is 9.59 Å². The molecule has 0 radical (unpaired) electrons. The zero-order valence-electron chi connectivity index (χ0n) is 12.6. The van der Waals surface area contributed by atoms with Crippen LogP contribution in [0.3, 0.4) is 0 Å². The maximum Gasteiger partial charge on any atom is 0.245 e. The molecule has 1 N–H and O–H groups in total. The van der Waals surface area contributed by atoms with Crippen molar-refractivity contribution in [2.75, 3.05) is 13.1 Å². The molecular weight excluding hydrogens is 306 g/mol. The number of carbonyl (C=O) groups excluding carboxylic acids is 2. The normalized spacial score (nSPS) is 22.1. The topological polar surface area (TPSA) is 58.6 Å². The number of nitrogens with one attached hydrogen (secondary N) is 1. The molecule has 0 saturated carbocycles. The maximum atomic E-state index is 13.6. The molecule has 1 aromatic rings. The van der Waals surface area contributed by atoms with E-state index in [0.29, 0.717) is 38.8 Å². The zero-order valence-corrected chi connectivity index (χ0v) is 12.6. The number of ether oxygens (including phenoxy) is 1. The first-order valence-electron chi connectivity index (χ1n) is 7.73. The molecule has 1 atom stereocenters. The fraction of sp³-hybridized carbons (Fsp3) is 0.500. The molecule has 124 valence electrons. The molecule has 2 heterocycles.